The van der Waals surface area contributed by atoms with Crippen LogP contribution in [0.25, 0.3) is 54.8 Å². The van der Waals surface area contributed by atoms with Crippen LogP contribution in [-0.2, 0) is 4.79 Å². The van der Waals surface area contributed by atoms with Crippen molar-refractivity contribution in [2.75, 3.05) is 5.32 Å². The quantitative estimate of drug-likeness (QED) is 0.203. The summed E-state index contributed by atoms with van der Waals surface area (Å²) in [6.07, 6.45) is 10.2. The van der Waals surface area contributed by atoms with E-state index in [1.54, 1.807) is 25.5 Å². The van der Waals surface area contributed by atoms with Crippen LogP contribution in [-0.4, -0.2) is 36.8 Å². The number of carbonyl (C=O) groups excluding carboxylic acids is 2. The van der Waals surface area contributed by atoms with Crippen molar-refractivity contribution < 1.29 is 9.59 Å². The standard InChI is InChI=1S/C30H24N6O2S/c1-16(37)27-7-8-28(39-27)23-14-32-15-26-21(23)11-25(34-26)29-22-10-18(5-6-24(22)35-36-29)19-9-20(13-31-12-19)33-30(38)17-3-2-4-17/h5-15,17,34H,2-4H2,1H3,(H,33,38)(H,35,36). The Morgan fingerprint density at radius 1 is 0.923 bits per heavy atom. The fourth-order valence-corrected chi connectivity index (χ4v) is 5.95. The van der Waals surface area contributed by atoms with Crippen molar-refractivity contribution >= 4 is 50.5 Å². The number of amides is 1. The molecule has 0 aliphatic heterocycles. The molecule has 0 unspecified atom stereocenters. The van der Waals surface area contributed by atoms with Gasteiger partial charge in [-0.3, -0.25) is 24.7 Å². The summed E-state index contributed by atoms with van der Waals surface area (Å²) in [4.78, 5) is 38.3. The second kappa shape index (κ2) is 9.28. The molecule has 6 aromatic rings. The number of H-pyrrole nitrogens is 2. The highest BCUT2D eigenvalue weighted by molar-refractivity contribution is 7.17. The minimum atomic E-state index is 0.0569. The van der Waals surface area contributed by atoms with Crippen molar-refractivity contribution in [3.63, 3.8) is 0 Å². The van der Waals surface area contributed by atoms with Gasteiger partial charge in [-0.25, -0.2) is 0 Å². The summed E-state index contributed by atoms with van der Waals surface area (Å²) in [6, 6.07) is 14.0. The summed E-state index contributed by atoms with van der Waals surface area (Å²) in [5, 5.41) is 12.8. The summed E-state index contributed by atoms with van der Waals surface area (Å²) in [6.45, 7) is 1.58. The number of thiophene rings is 1. The van der Waals surface area contributed by atoms with Crippen LogP contribution < -0.4 is 5.32 Å². The summed E-state index contributed by atoms with van der Waals surface area (Å²) in [5.41, 5.74) is 7.04. The van der Waals surface area contributed by atoms with E-state index in [-0.39, 0.29) is 17.6 Å². The number of pyridine rings is 2. The van der Waals surface area contributed by atoms with Crippen molar-refractivity contribution in [1.29, 1.82) is 0 Å². The number of nitrogens with one attached hydrogen (secondary N) is 3. The minimum absolute atomic E-state index is 0.0569. The molecule has 192 valence electrons. The van der Waals surface area contributed by atoms with Crippen LogP contribution in [0, 0.1) is 5.92 Å². The lowest BCUT2D eigenvalue weighted by Gasteiger charge is -2.24. The van der Waals surface area contributed by atoms with Gasteiger partial charge in [-0.1, -0.05) is 12.5 Å². The number of aromatic nitrogens is 5. The van der Waals surface area contributed by atoms with Gasteiger partial charge >= 0.3 is 0 Å². The number of carbonyl (C=O) groups is 2. The van der Waals surface area contributed by atoms with Gasteiger partial charge in [0, 0.05) is 45.1 Å². The van der Waals surface area contributed by atoms with Crippen molar-refractivity contribution in [2.45, 2.75) is 26.2 Å². The molecule has 0 radical (unpaired) electrons. The zero-order valence-corrected chi connectivity index (χ0v) is 21.9. The van der Waals surface area contributed by atoms with E-state index in [1.807, 2.05) is 36.5 Å². The van der Waals surface area contributed by atoms with Crippen LogP contribution in [0.1, 0.15) is 35.9 Å². The van der Waals surface area contributed by atoms with E-state index >= 15 is 0 Å². The number of rotatable bonds is 6. The van der Waals surface area contributed by atoms with Crippen molar-refractivity contribution in [2.24, 2.45) is 5.92 Å². The molecule has 1 saturated carbocycles. The van der Waals surface area contributed by atoms with E-state index < -0.39 is 0 Å². The first-order chi connectivity index (χ1) is 19.0. The van der Waals surface area contributed by atoms with Crippen LogP contribution in [0.3, 0.4) is 0 Å². The molecule has 9 heteroatoms. The van der Waals surface area contributed by atoms with Gasteiger partial charge in [-0.2, -0.15) is 5.10 Å². The Labute approximate surface area is 227 Å². The first kappa shape index (κ1) is 23.5. The number of nitrogens with zero attached hydrogens (tertiary/aromatic N) is 3. The Morgan fingerprint density at radius 3 is 2.59 bits per heavy atom. The molecule has 0 spiro atoms. The number of ketones is 1. The number of Topliss-reactive ketones (excluding diaryl/α,β-unsaturated/α-hetero) is 1. The van der Waals surface area contributed by atoms with E-state index in [4.69, 9.17) is 0 Å². The summed E-state index contributed by atoms with van der Waals surface area (Å²) in [7, 11) is 0. The molecule has 39 heavy (non-hydrogen) atoms. The van der Waals surface area contributed by atoms with Gasteiger partial charge in [0.1, 0.15) is 5.69 Å². The Hall–Kier alpha value is -4.63. The maximum absolute atomic E-state index is 12.4. The number of aromatic amines is 2. The number of anilines is 1. The Balaban J connectivity index is 1.25. The van der Waals surface area contributed by atoms with E-state index in [0.717, 1.165) is 78.9 Å². The highest BCUT2D eigenvalue weighted by Crippen LogP contribution is 2.37. The molecule has 3 N–H and O–H groups in total. The average molecular weight is 533 g/mol. The zero-order chi connectivity index (χ0) is 26.5. The van der Waals surface area contributed by atoms with E-state index in [2.05, 4.69) is 42.6 Å². The van der Waals surface area contributed by atoms with Gasteiger partial charge in [-0.15, -0.1) is 11.3 Å². The Kier molecular flexibility index (Phi) is 5.59. The van der Waals surface area contributed by atoms with Gasteiger partial charge < -0.3 is 10.3 Å². The molecular formula is C30H24N6O2S. The molecule has 1 aliphatic rings. The first-order valence-electron chi connectivity index (χ1n) is 12.9. The molecule has 1 aromatic carbocycles. The molecule has 5 aromatic heterocycles. The number of benzene rings is 1. The van der Waals surface area contributed by atoms with Gasteiger partial charge in [0.15, 0.2) is 5.78 Å². The topological polar surface area (TPSA) is 116 Å². The molecule has 1 fully saturated rings. The van der Waals surface area contributed by atoms with E-state index in [0.29, 0.717) is 5.69 Å². The van der Waals surface area contributed by atoms with Crippen molar-refractivity contribution in [3.8, 4) is 33.0 Å². The molecule has 1 amide bonds. The second-order valence-electron chi connectivity index (χ2n) is 9.96. The summed E-state index contributed by atoms with van der Waals surface area (Å²) >= 11 is 1.47. The lowest BCUT2D eigenvalue weighted by molar-refractivity contribution is -0.122. The van der Waals surface area contributed by atoms with Crippen molar-refractivity contribution in [1.82, 2.24) is 25.1 Å². The molecule has 5 heterocycles. The molecule has 7 rings (SSSR count). The van der Waals surface area contributed by atoms with E-state index in [1.165, 1.54) is 11.3 Å². The largest absolute Gasteiger partial charge is 0.352 e. The van der Waals surface area contributed by atoms with Crippen molar-refractivity contribution in [3.05, 3.63) is 72.1 Å². The van der Waals surface area contributed by atoms with E-state index in [9.17, 15) is 9.59 Å². The van der Waals surface area contributed by atoms with Crippen LogP contribution in [0.15, 0.2) is 67.3 Å². The van der Waals surface area contributed by atoms with Crippen LogP contribution >= 0.6 is 11.3 Å². The lowest BCUT2D eigenvalue weighted by Crippen LogP contribution is -2.28. The monoisotopic (exact) mass is 532 g/mol. The third-order valence-corrected chi connectivity index (χ3v) is 8.62. The predicted octanol–water partition coefficient (Wildman–Crippen LogP) is 6.84. The normalized spacial score (nSPS) is 13.6. The third-order valence-electron chi connectivity index (χ3n) is 7.40. The van der Waals surface area contributed by atoms with Gasteiger partial charge in [0.2, 0.25) is 5.91 Å². The molecule has 8 nitrogen and oxygen atoms in total. The molecule has 1 aliphatic carbocycles. The van der Waals surface area contributed by atoms with Gasteiger partial charge in [-0.05, 0) is 61.7 Å². The average Bonchev–Trinajstić information content (AvgIpc) is 3.65. The third kappa shape index (κ3) is 4.21. The van der Waals surface area contributed by atoms with Crippen LogP contribution in [0.2, 0.25) is 0 Å². The first-order valence-corrected chi connectivity index (χ1v) is 13.7. The summed E-state index contributed by atoms with van der Waals surface area (Å²) < 4.78 is 0. The van der Waals surface area contributed by atoms with Crippen LogP contribution in [0.4, 0.5) is 5.69 Å². The molecule has 0 atom stereocenters. The summed E-state index contributed by atoms with van der Waals surface area (Å²) in [5.74, 6) is 0.239. The smallest absolute Gasteiger partial charge is 0.227 e. The zero-order valence-electron chi connectivity index (χ0n) is 21.1. The van der Waals surface area contributed by atoms with Crippen LogP contribution in [0.5, 0.6) is 0 Å². The second-order valence-corrected chi connectivity index (χ2v) is 11.0. The molecule has 0 saturated heterocycles. The SMILES string of the molecule is CC(=O)c1ccc(-c2cncc3[nH]c(-c4n[nH]c5ccc(-c6cncc(NC(=O)C7CCC7)c6)cc45)cc23)s1. The predicted molar refractivity (Wildman–Crippen MR) is 154 cm³/mol. The number of hydrogen-bond acceptors (Lipinski definition) is 6. The fraction of sp³-hybridized carbons (Fsp3) is 0.167. The maximum Gasteiger partial charge on any atom is 0.227 e. The lowest BCUT2D eigenvalue weighted by atomic mass is 9.85. The Morgan fingerprint density at radius 2 is 1.79 bits per heavy atom. The maximum atomic E-state index is 12.4. The molecule has 0 bridgehead atoms. The highest BCUT2D eigenvalue weighted by Gasteiger charge is 2.25. The highest BCUT2D eigenvalue weighted by atomic mass is 32.1. The van der Waals surface area contributed by atoms with Gasteiger partial charge in [0.05, 0.1) is 39.7 Å². The number of hydrogen-bond donors (Lipinski definition) is 3. The number of fused-ring (bicyclic) bond motifs is 2. The Bertz CT molecular complexity index is 1890. The minimum Gasteiger partial charge on any atom is -0.352 e. The van der Waals surface area contributed by atoms with Gasteiger partial charge in [0.25, 0.3) is 0 Å². The fourth-order valence-electron chi connectivity index (χ4n) is 5.03. The molecular weight excluding hydrogens is 508 g/mol.